The van der Waals surface area contributed by atoms with Crippen molar-refractivity contribution in [1.29, 1.82) is 0 Å². The third kappa shape index (κ3) is 5.49. The predicted molar refractivity (Wildman–Crippen MR) is 38.6 cm³/mol. The van der Waals surface area contributed by atoms with Gasteiger partial charge in [0.05, 0.1) is 18.0 Å². The van der Waals surface area contributed by atoms with Crippen LogP contribution < -0.4 is 0 Å². The molecule has 1 rings (SSSR count). The van der Waals surface area contributed by atoms with Crippen LogP contribution in [0, 0.1) is 0 Å². The first-order valence-electron chi connectivity index (χ1n) is 2.48. The number of nitrogens with zero attached hydrogens (tertiary/aromatic N) is 1. The lowest BCUT2D eigenvalue weighted by Gasteiger charge is -2.08. The number of rotatable bonds is 0. The molecule has 0 aliphatic carbocycles. The topological polar surface area (TPSA) is 52.9 Å². The normalized spacial score (nSPS) is 13.3. The number of allylic oxidation sites excluding steroid dienone is 2. The van der Waals surface area contributed by atoms with Crippen LogP contribution in [0.1, 0.15) is 0 Å². The lowest BCUT2D eigenvalue weighted by atomic mass is 10.5. The maximum absolute atomic E-state index is 7.12. The molecular formula is C4H7BClNO3. The maximum Gasteiger partial charge on any atom is 0.432 e. The van der Waals surface area contributed by atoms with Crippen molar-refractivity contribution in [2.45, 2.75) is 0 Å². The van der Waals surface area contributed by atoms with Crippen LogP contribution in [0.5, 0.6) is 0 Å². The third-order valence-corrected chi connectivity index (χ3v) is 0.747. The van der Waals surface area contributed by atoms with E-state index in [2.05, 4.69) is 4.84 Å². The third-order valence-electron chi connectivity index (χ3n) is 0.555. The van der Waals surface area contributed by atoms with E-state index >= 15 is 0 Å². The molecule has 1 heterocycles. The smallest absolute Gasteiger partial charge is 0.430 e. The zero-order valence-electron chi connectivity index (χ0n) is 5.14. The van der Waals surface area contributed by atoms with E-state index in [4.69, 9.17) is 21.8 Å². The SMILES string of the molecule is ClN1C=CC=CO1.OBO. The summed E-state index contributed by atoms with van der Waals surface area (Å²) in [6.45, 7) is 0. The van der Waals surface area contributed by atoms with Crippen LogP contribution in [0.15, 0.2) is 24.6 Å². The van der Waals surface area contributed by atoms with Gasteiger partial charge in [0.2, 0.25) is 0 Å². The molecule has 0 saturated carbocycles. The van der Waals surface area contributed by atoms with E-state index in [1.807, 2.05) is 0 Å². The molecule has 4 nitrogen and oxygen atoms in total. The summed E-state index contributed by atoms with van der Waals surface area (Å²) in [6, 6.07) is 0. The number of hydrogen-bond acceptors (Lipinski definition) is 4. The molecule has 56 valence electrons. The van der Waals surface area contributed by atoms with Crippen LogP contribution in [-0.4, -0.2) is 22.3 Å². The Morgan fingerprint density at radius 2 is 2.00 bits per heavy atom. The second kappa shape index (κ2) is 6.47. The fourth-order valence-electron chi connectivity index (χ4n) is 0.291. The molecule has 0 fully saturated rings. The van der Waals surface area contributed by atoms with Gasteiger partial charge in [0.1, 0.15) is 6.26 Å². The molecule has 0 unspecified atom stereocenters. The quantitative estimate of drug-likeness (QED) is 0.379. The molecule has 0 bridgehead atoms. The highest BCUT2D eigenvalue weighted by atomic mass is 35.5. The van der Waals surface area contributed by atoms with Crippen molar-refractivity contribution in [1.82, 2.24) is 4.58 Å². The van der Waals surface area contributed by atoms with E-state index in [9.17, 15) is 0 Å². The lowest BCUT2D eigenvalue weighted by Crippen LogP contribution is -2.00. The highest BCUT2D eigenvalue weighted by Crippen LogP contribution is 2.01. The zero-order valence-corrected chi connectivity index (χ0v) is 5.90. The van der Waals surface area contributed by atoms with Gasteiger partial charge in [0.25, 0.3) is 0 Å². The molecule has 1 aliphatic heterocycles. The minimum atomic E-state index is -0.750. The summed E-state index contributed by atoms with van der Waals surface area (Å²) in [5.74, 6) is 0. The number of hydrogen-bond donors (Lipinski definition) is 2. The van der Waals surface area contributed by atoms with Gasteiger partial charge in [-0.05, 0) is 12.2 Å². The van der Waals surface area contributed by atoms with Crippen LogP contribution in [-0.2, 0) is 4.84 Å². The van der Waals surface area contributed by atoms with Crippen LogP contribution in [0.25, 0.3) is 0 Å². The summed E-state index contributed by atoms with van der Waals surface area (Å²) in [4.78, 5) is 4.61. The Morgan fingerprint density at radius 3 is 2.20 bits per heavy atom. The first-order chi connectivity index (χ1) is 4.81. The van der Waals surface area contributed by atoms with Gasteiger partial charge in [-0.1, -0.05) is 0 Å². The Bertz CT molecular complexity index is 130. The summed E-state index contributed by atoms with van der Waals surface area (Å²) in [5, 5.41) is 14.2. The van der Waals surface area contributed by atoms with Gasteiger partial charge >= 0.3 is 7.69 Å². The Kier molecular flexibility index (Phi) is 6.06. The summed E-state index contributed by atoms with van der Waals surface area (Å²) in [5.41, 5.74) is 0. The maximum atomic E-state index is 7.12. The monoisotopic (exact) mass is 163 g/mol. The van der Waals surface area contributed by atoms with Gasteiger partial charge in [-0.25, -0.2) is 0 Å². The second-order valence-corrected chi connectivity index (χ2v) is 1.52. The van der Waals surface area contributed by atoms with Crippen LogP contribution in [0.2, 0.25) is 0 Å². The van der Waals surface area contributed by atoms with E-state index in [-0.39, 0.29) is 0 Å². The highest BCUT2D eigenvalue weighted by molar-refractivity contribution is 6.13. The van der Waals surface area contributed by atoms with Crippen molar-refractivity contribution >= 4 is 19.5 Å². The van der Waals surface area contributed by atoms with Gasteiger partial charge in [-0.15, -0.1) is 4.58 Å². The fourth-order valence-corrected chi connectivity index (χ4v) is 0.402. The highest BCUT2D eigenvalue weighted by Gasteiger charge is 1.89. The Morgan fingerprint density at radius 1 is 1.40 bits per heavy atom. The van der Waals surface area contributed by atoms with Crippen molar-refractivity contribution in [3.05, 3.63) is 24.6 Å². The van der Waals surface area contributed by atoms with E-state index in [1.165, 1.54) is 6.26 Å². The lowest BCUT2D eigenvalue weighted by molar-refractivity contribution is 0.0307. The minimum absolute atomic E-state index is 0.750. The second-order valence-electron chi connectivity index (χ2n) is 1.19. The molecule has 1 aliphatic rings. The Balaban J connectivity index is 0.000000236. The number of hydroxylamine groups is 1. The number of halogens is 1. The molecule has 0 aromatic rings. The fraction of sp³-hybridized carbons (Fsp3) is 0. The molecule has 2 N–H and O–H groups in total. The van der Waals surface area contributed by atoms with Gasteiger partial charge in [-0.2, -0.15) is 0 Å². The van der Waals surface area contributed by atoms with Crippen LogP contribution in [0.3, 0.4) is 0 Å². The molecule has 0 saturated heterocycles. The van der Waals surface area contributed by atoms with E-state index in [1.54, 1.807) is 18.4 Å². The first-order valence-corrected chi connectivity index (χ1v) is 2.82. The van der Waals surface area contributed by atoms with Crippen LogP contribution in [0.4, 0.5) is 0 Å². The summed E-state index contributed by atoms with van der Waals surface area (Å²) in [7, 11) is -0.750. The standard InChI is InChI=1S/C4H4ClNO.BH3O2/c5-6-3-1-2-4-7-6;2-1-3/h1-4H;1-3H. The molecule has 0 amide bonds. The van der Waals surface area contributed by atoms with Gasteiger partial charge < -0.3 is 14.9 Å². The average molecular weight is 163 g/mol. The minimum Gasteiger partial charge on any atom is -0.430 e. The molecule has 0 radical (unpaired) electrons. The van der Waals surface area contributed by atoms with Crippen molar-refractivity contribution in [3.63, 3.8) is 0 Å². The summed E-state index contributed by atoms with van der Waals surface area (Å²) < 4.78 is 1.10. The summed E-state index contributed by atoms with van der Waals surface area (Å²) in [6.07, 6.45) is 6.62. The zero-order chi connectivity index (χ0) is 7.82. The van der Waals surface area contributed by atoms with Crippen molar-refractivity contribution < 1.29 is 14.9 Å². The Labute approximate surface area is 64.3 Å². The largest absolute Gasteiger partial charge is 0.432 e. The van der Waals surface area contributed by atoms with Crippen molar-refractivity contribution in [3.8, 4) is 0 Å². The van der Waals surface area contributed by atoms with Gasteiger partial charge in [0, 0.05) is 0 Å². The summed E-state index contributed by atoms with van der Waals surface area (Å²) >= 11 is 5.29. The molecule has 0 atom stereocenters. The molecule has 6 heteroatoms. The molecule has 10 heavy (non-hydrogen) atoms. The van der Waals surface area contributed by atoms with E-state index in [0.717, 1.165) is 4.58 Å². The Hall–Kier alpha value is -0.645. The predicted octanol–water partition coefficient (Wildman–Crippen LogP) is -0.348. The van der Waals surface area contributed by atoms with Crippen LogP contribution >= 0.6 is 11.8 Å². The van der Waals surface area contributed by atoms with Gasteiger partial charge in [-0.3, -0.25) is 0 Å². The van der Waals surface area contributed by atoms with Gasteiger partial charge in [0.15, 0.2) is 0 Å². The van der Waals surface area contributed by atoms with Crippen molar-refractivity contribution in [2.75, 3.05) is 0 Å². The molecular weight excluding hydrogens is 156 g/mol. The average Bonchev–Trinajstić information content (AvgIpc) is 1.91. The molecule has 0 aromatic heterocycles. The first kappa shape index (κ1) is 9.35. The van der Waals surface area contributed by atoms with E-state index in [0.29, 0.717) is 0 Å². The molecule has 0 aromatic carbocycles. The van der Waals surface area contributed by atoms with E-state index < -0.39 is 7.69 Å². The van der Waals surface area contributed by atoms with Crippen molar-refractivity contribution in [2.24, 2.45) is 0 Å². The molecule has 0 spiro atoms.